The highest BCUT2D eigenvalue weighted by molar-refractivity contribution is 7.91. The van der Waals surface area contributed by atoms with Crippen LogP contribution in [0.25, 0.3) is 32.8 Å². The first-order valence-corrected chi connectivity index (χ1v) is 12.5. The zero-order valence-electron chi connectivity index (χ0n) is 19.2. The number of benzene rings is 4. The average Bonchev–Trinajstić information content (AvgIpc) is 3.27. The lowest BCUT2D eigenvalue weighted by molar-refractivity contribution is -0.192. The number of rotatable bonds is 4. The molecule has 5 aromatic rings. The Bertz CT molecular complexity index is 1690. The number of nitrogens with two attached hydrogens (primary N) is 1. The molecule has 4 N–H and O–H groups in total. The third kappa shape index (κ3) is 5.20. The van der Waals surface area contributed by atoms with E-state index in [0.29, 0.717) is 5.56 Å². The number of carboxylic acids is 1. The number of H-pyrrole nitrogens is 1. The molecule has 1 aromatic heterocycles. The second-order valence-corrected chi connectivity index (χ2v) is 9.93. The summed E-state index contributed by atoms with van der Waals surface area (Å²) in [5.41, 5.74) is 9.52. The molecule has 0 aliphatic heterocycles. The normalized spacial score (nSPS) is 11.8. The van der Waals surface area contributed by atoms with Gasteiger partial charge in [-0.25, -0.2) is 13.2 Å². The third-order valence-electron chi connectivity index (χ3n) is 5.74. The van der Waals surface area contributed by atoms with Gasteiger partial charge in [0.05, 0.1) is 4.90 Å². The first-order valence-electron chi connectivity index (χ1n) is 11.0. The van der Waals surface area contributed by atoms with E-state index < -0.39 is 22.0 Å². The number of hydrogen-bond donors (Lipinski definition) is 3. The lowest BCUT2D eigenvalue weighted by Crippen LogP contribution is -2.21. The van der Waals surface area contributed by atoms with E-state index in [9.17, 15) is 21.6 Å². The van der Waals surface area contributed by atoms with Gasteiger partial charge >= 0.3 is 12.1 Å². The molecule has 0 fully saturated rings. The zero-order chi connectivity index (χ0) is 26.8. The number of aromatic amines is 1. The highest BCUT2D eigenvalue weighted by Crippen LogP contribution is 2.35. The first-order chi connectivity index (χ1) is 17.5. The van der Waals surface area contributed by atoms with Crippen LogP contribution in [-0.4, -0.2) is 30.7 Å². The van der Waals surface area contributed by atoms with Gasteiger partial charge in [-0.3, -0.25) is 0 Å². The summed E-state index contributed by atoms with van der Waals surface area (Å²) in [6.07, 6.45) is -5.08. The maximum atomic E-state index is 13.2. The quantitative estimate of drug-likeness (QED) is 0.269. The van der Waals surface area contributed by atoms with E-state index in [1.165, 1.54) is 0 Å². The lowest BCUT2D eigenvalue weighted by Gasteiger charge is -2.08. The first kappa shape index (κ1) is 25.9. The maximum absolute atomic E-state index is 13.2. The number of nitrogens with one attached hydrogen (secondary N) is 1. The van der Waals surface area contributed by atoms with Crippen LogP contribution in [0, 0.1) is 0 Å². The number of carbonyl (C=O) groups is 1. The van der Waals surface area contributed by atoms with Crippen molar-refractivity contribution in [1.29, 1.82) is 0 Å². The highest BCUT2D eigenvalue weighted by atomic mass is 32.2. The summed E-state index contributed by atoms with van der Waals surface area (Å²) in [5.74, 6) is -2.76. The number of aromatic nitrogens is 1. The van der Waals surface area contributed by atoms with Gasteiger partial charge in [0.1, 0.15) is 5.03 Å². The van der Waals surface area contributed by atoms with E-state index in [2.05, 4.69) is 29.2 Å². The van der Waals surface area contributed by atoms with Crippen LogP contribution in [0.2, 0.25) is 0 Å². The van der Waals surface area contributed by atoms with Gasteiger partial charge in [0.15, 0.2) is 0 Å². The van der Waals surface area contributed by atoms with Crippen molar-refractivity contribution in [3.63, 3.8) is 0 Å². The van der Waals surface area contributed by atoms with E-state index >= 15 is 0 Å². The second-order valence-electron chi connectivity index (χ2n) is 8.04. The van der Waals surface area contributed by atoms with E-state index in [1.807, 2.05) is 36.4 Å². The number of carboxylic acid groups (broad SMARTS) is 1. The molecule has 0 saturated carbocycles. The Morgan fingerprint density at radius 3 is 2.14 bits per heavy atom. The number of sulfone groups is 1. The molecule has 1 heterocycles. The summed E-state index contributed by atoms with van der Waals surface area (Å²) in [7, 11) is -3.69. The Labute approximate surface area is 210 Å². The smallest absolute Gasteiger partial charge is 0.475 e. The van der Waals surface area contributed by atoms with Gasteiger partial charge in [-0.1, -0.05) is 66.7 Å². The largest absolute Gasteiger partial charge is 0.490 e. The Balaban J connectivity index is 0.000000405. The number of aliphatic carboxylic acids is 1. The molecule has 4 aromatic carbocycles. The molecule has 10 heteroatoms. The molecule has 0 saturated heterocycles. The summed E-state index contributed by atoms with van der Waals surface area (Å²) < 4.78 is 58.2. The molecule has 0 amide bonds. The van der Waals surface area contributed by atoms with E-state index in [1.54, 1.807) is 30.3 Å². The molecular weight excluding hydrogens is 505 g/mol. The summed E-state index contributed by atoms with van der Waals surface area (Å²) in [5, 5.41) is 10.4. The fourth-order valence-electron chi connectivity index (χ4n) is 4.02. The van der Waals surface area contributed by atoms with Crippen LogP contribution in [0.3, 0.4) is 0 Å². The van der Waals surface area contributed by atoms with E-state index in [4.69, 9.17) is 15.6 Å². The number of fused-ring (bicyclic) bond motifs is 2. The average molecular weight is 527 g/mol. The van der Waals surface area contributed by atoms with Gasteiger partial charge in [-0.15, -0.1) is 0 Å². The minimum absolute atomic E-state index is 0.125. The van der Waals surface area contributed by atoms with Gasteiger partial charge < -0.3 is 15.8 Å². The van der Waals surface area contributed by atoms with Crippen LogP contribution in [0.15, 0.2) is 101 Å². The van der Waals surface area contributed by atoms with Gasteiger partial charge in [-0.2, -0.15) is 13.2 Å². The third-order valence-corrected chi connectivity index (χ3v) is 7.52. The number of halogens is 3. The molecule has 5 rings (SSSR count). The van der Waals surface area contributed by atoms with Crippen LogP contribution in [-0.2, 0) is 21.2 Å². The minimum atomic E-state index is -5.08. The van der Waals surface area contributed by atoms with Crippen molar-refractivity contribution in [2.24, 2.45) is 5.73 Å². The standard InChI is InChI=1S/C25H20N2O2S.C2HF3O2/c26-16-23-22-15-18(21-12-6-8-17-7-4-5-11-20(17)21)13-14-24(22)27-25(23)30(28,29)19-9-2-1-3-10-19;3-2(4,5)1(6)7/h1-15,27H,16,26H2;(H,6,7). The zero-order valence-corrected chi connectivity index (χ0v) is 20.0. The molecule has 0 aliphatic rings. The fourth-order valence-corrected chi connectivity index (χ4v) is 5.53. The molecule has 0 atom stereocenters. The molecular formula is C27H21F3N2O4S. The monoisotopic (exact) mass is 526 g/mol. The summed E-state index contributed by atoms with van der Waals surface area (Å²) in [4.78, 5) is 12.2. The summed E-state index contributed by atoms with van der Waals surface area (Å²) in [6, 6.07) is 28.8. The molecule has 6 nitrogen and oxygen atoms in total. The second kappa shape index (κ2) is 10.1. The SMILES string of the molecule is NCc1c(S(=O)(=O)c2ccccc2)[nH]c2ccc(-c3cccc4ccccc34)cc12.O=C(O)C(F)(F)F. The van der Waals surface area contributed by atoms with Gasteiger partial charge in [-0.05, 0) is 46.2 Å². The molecule has 37 heavy (non-hydrogen) atoms. The fraction of sp³-hybridized carbons (Fsp3) is 0.0741. The number of hydrogen-bond acceptors (Lipinski definition) is 4. The van der Waals surface area contributed by atoms with Crippen molar-refractivity contribution in [1.82, 2.24) is 4.98 Å². The Hall–Kier alpha value is -4.15. The predicted molar refractivity (Wildman–Crippen MR) is 135 cm³/mol. The van der Waals surface area contributed by atoms with Crippen molar-refractivity contribution in [2.45, 2.75) is 22.6 Å². The van der Waals surface area contributed by atoms with Crippen molar-refractivity contribution < 1.29 is 31.5 Å². The number of alkyl halides is 3. The minimum Gasteiger partial charge on any atom is -0.475 e. The summed E-state index contributed by atoms with van der Waals surface area (Å²) in [6.45, 7) is 0.125. The van der Waals surface area contributed by atoms with Crippen LogP contribution in [0.4, 0.5) is 13.2 Å². The molecule has 190 valence electrons. The predicted octanol–water partition coefficient (Wildman–Crippen LogP) is 5.91. The van der Waals surface area contributed by atoms with Crippen molar-refractivity contribution in [3.05, 3.63) is 96.6 Å². The Kier molecular flexibility index (Phi) is 7.06. The van der Waals surface area contributed by atoms with Crippen molar-refractivity contribution >= 4 is 37.5 Å². The van der Waals surface area contributed by atoms with Crippen molar-refractivity contribution in [2.75, 3.05) is 0 Å². The van der Waals surface area contributed by atoms with Crippen LogP contribution < -0.4 is 5.73 Å². The van der Waals surface area contributed by atoms with Gasteiger partial charge in [0, 0.05) is 23.0 Å². The molecule has 0 bridgehead atoms. The van der Waals surface area contributed by atoms with Crippen LogP contribution in [0.1, 0.15) is 5.56 Å². The summed E-state index contributed by atoms with van der Waals surface area (Å²) >= 11 is 0. The van der Waals surface area contributed by atoms with E-state index in [0.717, 1.165) is 32.8 Å². The van der Waals surface area contributed by atoms with Gasteiger partial charge in [0.2, 0.25) is 9.84 Å². The molecule has 0 unspecified atom stereocenters. The van der Waals surface area contributed by atoms with Crippen LogP contribution in [0.5, 0.6) is 0 Å². The van der Waals surface area contributed by atoms with Gasteiger partial charge in [0.25, 0.3) is 0 Å². The molecule has 0 spiro atoms. The Morgan fingerprint density at radius 2 is 1.49 bits per heavy atom. The lowest BCUT2D eigenvalue weighted by atomic mass is 9.97. The van der Waals surface area contributed by atoms with E-state index in [-0.39, 0.29) is 16.5 Å². The van der Waals surface area contributed by atoms with Crippen LogP contribution >= 0.6 is 0 Å². The van der Waals surface area contributed by atoms with Crippen molar-refractivity contribution in [3.8, 4) is 11.1 Å². The Morgan fingerprint density at radius 1 is 0.865 bits per heavy atom. The topological polar surface area (TPSA) is 113 Å². The molecule has 0 aliphatic carbocycles. The molecule has 0 radical (unpaired) electrons. The maximum Gasteiger partial charge on any atom is 0.490 e. The highest BCUT2D eigenvalue weighted by Gasteiger charge is 2.38.